The predicted octanol–water partition coefficient (Wildman–Crippen LogP) is 3.07. The van der Waals surface area contributed by atoms with Crippen LogP contribution in [0.3, 0.4) is 0 Å². The number of nitrogens with one attached hydrogen (secondary N) is 1. The Balaban J connectivity index is 1.96. The van der Waals surface area contributed by atoms with Gasteiger partial charge in [0.25, 0.3) is 0 Å². The minimum atomic E-state index is 0.266. The Kier molecular flexibility index (Phi) is 4.23. The van der Waals surface area contributed by atoms with Crippen LogP contribution in [0.15, 0.2) is 16.6 Å². The Morgan fingerprint density at radius 3 is 3.19 bits per heavy atom. The largest absolute Gasteiger partial charge is 0.356 e. The van der Waals surface area contributed by atoms with Gasteiger partial charge in [0.05, 0.1) is 12.1 Å². The van der Waals surface area contributed by atoms with E-state index in [1.807, 2.05) is 23.3 Å². The Labute approximate surface area is 105 Å². The summed E-state index contributed by atoms with van der Waals surface area (Å²) >= 11 is 3.51. The molecule has 0 spiro atoms. The number of aromatic nitrogens is 1. The highest BCUT2D eigenvalue weighted by atomic mass is 32.2. The number of thiazole rings is 1. The third-order valence-electron chi connectivity index (χ3n) is 2.62. The average molecular weight is 255 g/mol. The van der Waals surface area contributed by atoms with Gasteiger partial charge in [-0.05, 0) is 19.8 Å². The molecule has 3 nitrogen and oxygen atoms in total. The maximum Gasteiger partial charge on any atom is 0.157 e. The molecule has 2 atom stereocenters. The van der Waals surface area contributed by atoms with Gasteiger partial charge >= 0.3 is 0 Å². The van der Waals surface area contributed by atoms with Gasteiger partial charge in [0.1, 0.15) is 5.01 Å². The van der Waals surface area contributed by atoms with Crippen molar-refractivity contribution in [3.8, 4) is 0 Å². The van der Waals surface area contributed by atoms with Crippen molar-refractivity contribution in [2.45, 2.75) is 38.8 Å². The molecule has 88 valence electrons. The SMILES string of the molecule is CCC1CCSC(NC(C)c2nccs2)=N1. The first-order valence-corrected chi connectivity index (χ1v) is 7.52. The molecule has 0 amide bonds. The molecule has 0 saturated carbocycles. The van der Waals surface area contributed by atoms with Crippen LogP contribution in [0.1, 0.15) is 37.7 Å². The van der Waals surface area contributed by atoms with E-state index in [0.29, 0.717) is 6.04 Å². The number of nitrogens with zero attached hydrogens (tertiary/aromatic N) is 2. The molecule has 1 N–H and O–H groups in total. The quantitative estimate of drug-likeness (QED) is 0.902. The lowest BCUT2D eigenvalue weighted by atomic mass is 10.2. The summed E-state index contributed by atoms with van der Waals surface area (Å²) in [5.41, 5.74) is 0. The van der Waals surface area contributed by atoms with Crippen molar-refractivity contribution in [1.82, 2.24) is 10.3 Å². The van der Waals surface area contributed by atoms with Gasteiger partial charge in [0.2, 0.25) is 0 Å². The van der Waals surface area contributed by atoms with Crippen LogP contribution in [0, 0.1) is 0 Å². The molecule has 5 heteroatoms. The van der Waals surface area contributed by atoms with Gasteiger partial charge in [0, 0.05) is 17.3 Å². The van der Waals surface area contributed by atoms with E-state index in [0.717, 1.165) is 16.6 Å². The second-order valence-corrected chi connectivity index (χ2v) is 5.88. The summed E-state index contributed by atoms with van der Waals surface area (Å²) in [6, 6.07) is 0.772. The highest BCUT2D eigenvalue weighted by Gasteiger charge is 2.16. The van der Waals surface area contributed by atoms with E-state index in [1.54, 1.807) is 11.3 Å². The Bertz CT molecular complexity index is 348. The average Bonchev–Trinajstić information content (AvgIpc) is 2.83. The molecule has 1 aliphatic rings. The zero-order valence-electron chi connectivity index (χ0n) is 9.64. The summed E-state index contributed by atoms with van der Waals surface area (Å²) in [7, 11) is 0. The summed E-state index contributed by atoms with van der Waals surface area (Å²) in [5.74, 6) is 1.18. The summed E-state index contributed by atoms with van der Waals surface area (Å²) in [6.45, 7) is 4.34. The van der Waals surface area contributed by atoms with Crippen LogP contribution in [0.25, 0.3) is 0 Å². The van der Waals surface area contributed by atoms with Gasteiger partial charge in [-0.2, -0.15) is 0 Å². The third kappa shape index (κ3) is 2.98. The molecule has 1 aromatic heterocycles. The minimum Gasteiger partial charge on any atom is -0.356 e. The van der Waals surface area contributed by atoms with E-state index < -0.39 is 0 Å². The van der Waals surface area contributed by atoms with E-state index in [1.165, 1.54) is 12.2 Å². The van der Waals surface area contributed by atoms with Gasteiger partial charge in [-0.15, -0.1) is 11.3 Å². The first-order chi connectivity index (χ1) is 7.79. The van der Waals surface area contributed by atoms with Crippen LogP contribution in [0.2, 0.25) is 0 Å². The lowest BCUT2D eigenvalue weighted by molar-refractivity contribution is 0.621. The lowest BCUT2D eigenvalue weighted by Gasteiger charge is -2.21. The topological polar surface area (TPSA) is 37.3 Å². The van der Waals surface area contributed by atoms with Crippen molar-refractivity contribution in [3.63, 3.8) is 0 Å². The number of hydrogen-bond donors (Lipinski definition) is 1. The highest BCUT2D eigenvalue weighted by Crippen LogP contribution is 2.21. The Hall–Kier alpha value is -0.550. The molecule has 0 aliphatic carbocycles. The number of thioether (sulfide) groups is 1. The summed E-state index contributed by atoms with van der Waals surface area (Å²) in [6.07, 6.45) is 4.19. The summed E-state index contributed by atoms with van der Waals surface area (Å²) in [4.78, 5) is 9.01. The molecule has 2 heterocycles. The van der Waals surface area contributed by atoms with E-state index in [4.69, 9.17) is 4.99 Å². The summed E-state index contributed by atoms with van der Waals surface area (Å²) in [5, 5.41) is 7.67. The number of rotatable bonds is 3. The van der Waals surface area contributed by atoms with Gasteiger partial charge in [-0.1, -0.05) is 18.7 Å². The van der Waals surface area contributed by atoms with Crippen LogP contribution in [-0.4, -0.2) is 21.9 Å². The van der Waals surface area contributed by atoms with Crippen LogP contribution >= 0.6 is 23.1 Å². The molecular weight excluding hydrogens is 238 g/mol. The number of amidine groups is 1. The van der Waals surface area contributed by atoms with E-state index >= 15 is 0 Å². The molecular formula is C11H17N3S2. The zero-order chi connectivity index (χ0) is 11.4. The maximum atomic E-state index is 4.70. The highest BCUT2D eigenvalue weighted by molar-refractivity contribution is 8.13. The minimum absolute atomic E-state index is 0.266. The summed E-state index contributed by atoms with van der Waals surface area (Å²) < 4.78 is 0. The van der Waals surface area contributed by atoms with Crippen molar-refractivity contribution in [1.29, 1.82) is 0 Å². The van der Waals surface area contributed by atoms with Crippen molar-refractivity contribution in [3.05, 3.63) is 16.6 Å². The van der Waals surface area contributed by atoms with Gasteiger partial charge in [0.15, 0.2) is 5.17 Å². The second kappa shape index (κ2) is 5.68. The van der Waals surface area contributed by atoms with Gasteiger partial charge < -0.3 is 5.32 Å². The lowest BCUT2D eigenvalue weighted by Crippen LogP contribution is -2.28. The predicted molar refractivity (Wildman–Crippen MR) is 72.3 cm³/mol. The third-order valence-corrected chi connectivity index (χ3v) is 4.52. The molecule has 2 rings (SSSR count). The number of aliphatic imine (C=N–C) groups is 1. The molecule has 1 aliphatic heterocycles. The maximum absolute atomic E-state index is 4.70. The number of hydrogen-bond acceptors (Lipinski definition) is 5. The van der Waals surface area contributed by atoms with Crippen molar-refractivity contribution in [2.75, 3.05) is 5.75 Å². The molecule has 0 aromatic carbocycles. The molecule has 16 heavy (non-hydrogen) atoms. The monoisotopic (exact) mass is 255 g/mol. The fourth-order valence-electron chi connectivity index (χ4n) is 1.63. The molecule has 1 aromatic rings. The first kappa shape index (κ1) is 11.9. The second-order valence-electron chi connectivity index (χ2n) is 3.87. The van der Waals surface area contributed by atoms with E-state index in [-0.39, 0.29) is 6.04 Å². The van der Waals surface area contributed by atoms with Gasteiger partial charge in [-0.25, -0.2) is 4.98 Å². The molecule has 0 radical (unpaired) electrons. The van der Waals surface area contributed by atoms with Crippen LogP contribution in [0.5, 0.6) is 0 Å². The Morgan fingerprint density at radius 2 is 2.50 bits per heavy atom. The molecule has 0 fully saturated rings. The smallest absolute Gasteiger partial charge is 0.157 e. The van der Waals surface area contributed by atoms with E-state index in [9.17, 15) is 0 Å². The standard InChI is InChI=1S/C11H17N3S2/c1-3-9-4-6-16-11(14-9)13-8(2)10-12-5-7-15-10/h5,7-9H,3-4,6H2,1-2H3,(H,13,14). The van der Waals surface area contributed by atoms with Crippen LogP contribution in [-0.2, 0) is 0 Å². The fraction of sp³-hybridized carbons (Fsp3) is 0.636. The van der Waals surface area contributed by atoms with E-state index in [2.05, 4.69) is 24.1 Å². The van der Waals surface area contributed by atoms with Crippen molar-refractivity contribution < 1.29 is 0 Å². The first-order valence-electron chi connectivity index (χ1n) is 5.66. The normalized spacial score (nSPS) is 22.6. The van der Waals surface area contributed by atoms with Crippen LogP contribution in [0.4, 0.5) is 0 Å². The van der Waals surface area contributed by atoms with Crippen molar-refractivity contribution in [2.24, 2.45) is 4.99 Å². The Morgan fingerprint density at radius 1 is 1.62 bits per heavy atom. The van der Waals surface area contributed by atoms with Crippen LogP contribution < -0.4 is 5.32 Å². The fourth-order valence-corrected chi connectivity index (χ4v) is 3.34. The van der Waals surface area contributed by atoms with Gasteiger partial charge in [-0.3, -0.25) is 4.99 Å². The zero-order valence-corrected chi connectivity index (χ0v) is 11.3. The molecule has 0 saturated heterocycles. The molecule has 0 bridgehead atoms. The molecule has 2 unspecified atom stereocenters. The van der Waals surface area contributed by atoms with Crippen molar-refractivity contribution >= 4 is 28.3 Å².